The van der Waals surface area contributed by atoms with E-state index in [1.54, 1.807) is 13.0 Å². The zero-order valence-electron chi connectivity index (χ0n) is 14.2. The van der Waals surface area contributed by atoms with Crippen molar-refractivity contribution in [2.24, 2.45) is 0 Å². The normalized spacial score (nSPS) is 17.4. The van der Waals surface area contributed by atoms with Crippen molar-refractivity contribution >= 4 is 23.4 Å². The summed E-state index contributed by atoms with van der Waals surface area (Å²) in [6.07, 6.45) is 2.54. The molecule has 132 valence electrons. The quantitative estimate of drug-likeness (QED) is 0.799. The highest BCUT2D eigenvalue weighted by molar-refractivity contribution is 6.33. The summed E-state index contributed by atoms with van der Waals surface area (Å²) in [5.41, 5.74) is 1.69. The highest BCUT2D eigenvalue weighted by atomic mass is 35.5. The summed E-state index contributed by atoms with van der Waals surface area (Å²) < 4.78 is 4.96. The van der Waals surface area contributed by atoms with Crippen molar-refractivity contribution in [1.82, 2.24) is 9.88 Å². The van der Waals surface area contributed by atoms with E-state index in [1.807, 2.05) is 6.07 Å². The summed E-state index contributed by atoms with van der Waals surface area (Å²) in [4.78, 5) is 18.4. The van der Waals surface area contributed by atoms with Crippen LogP contribution in [0.25, 0.3) is 0 Å². The van der Waals surface area contributed by atoms with Crippen molar-refractivity contribution in [2.45, 2.75) is 25.9 Å². The molecule has 25 heavy (non-hydrogen) atoms. The van der Waals surface area contributed by atoms with Crippen LogP contribution in [0, 0.1) is 0 Å². The lowest BCUT2D eigenvalue weighted by atomic mass is 10.2. The van der Waals surface area contributed by atoms with Crippen molar-refractivity contribution in [1.29, 1.82) is 0 Å². The fourth-order valence-electron chi connectivity index (χ4n) is 3.00. The van der Waals surface area contributed by atoms with Gasteiger partial charge in [-0.25, -0.2) is 9.78 Å². The third-order valence-corrected chi connectivity index (χ3v) is 4.50. The van der Waals surface area contributed by atoms with Crippen LogP contribution in [0.2, 0.25) is 5.02 Å². The van der Waals surface area contributed by atoms with Crippen LogP contribution in [-0.2, 0) is 11.3 Å². The van der Waals surface area contributed by atoms with Gasteiger partial charge in [0.05, 0.1) is 17.2 Å². The molecule has 3 rings (SSSR count). The molecule has 0 bridgehead atoms. The second kappa shape index (κ2) is 8.32. The Kier molecular flexibility index (Phi) is 5.89. The Morgan fingerprint density at radius 1 is 1.40 bits per heavy atom. The Morgan fingerprint density at radius 2 is 2.20 bits per heavy atom. The summed E-state index contributed by atoms with van der Waals surface area (Å²) in [6, 6.07) is 12.4. The number of rotatable bonds is 6. The van der Waals surface area contributed by atoms with Gasteiger partial charge in [0.1, 0.15) is 5.82 Å². The first-order valence-electron chi connectivity index (χ1n) is 8.51. The van der Waals surface area contributed by atoms with E-state index in [0.717, 1.165) is 26.1 Å². The number of esters is 1. The van der Waals surface area contributed by atoms with Gasteiger partial charge in [0.15, 0.2) is 0 Å². The maximum atomic E-state index is 11.7. The Hall–Kier alpha value is -2.11. The Balaban J connectivity index is 1.57. The van der Waals surface area contributed by atoms with Crippen LogP contribution in [0.4, 0.5) is 5.82 Å². The van der Waals surface area contributed by atoms with E-state index in [-0.39, 0.29) is 0 Å². The predicted molar refractivity (Wildman–Crippen MR) is 99.0 cm³/mol. The Morgan fingerprint density at radius 3 is 2.92 bits per heavy atom. The maximum Gasteiger partial charge on any atom is 0.339 e. The minimum Gasteiger partial charge on any atom is -0.462 e. The number of aromatic nitrogens is 1. The number of nitrogens with zero attached hydrogens (tertiary/aromatic N) is 2. The summed E-state index contributed by atoms with van der Waals surface area (Å²) in [5.74, 6) is 0.208. The molecule has 0 amide bonds. The van der Waals surface area contributed by atoms with Gasteiger partial charge in [0.2, 0.25) is 0 Å². The van der Waals surface area contributed by atoms with E-state index in [2.05, 4.69) is 39.5 Å². The second-order valence-corrected chi connectivity index (χ2v) is 6.53. The lowest BCUT2D eigenvalue weighted by molar-refractivity contribution is 0.0526. The first-order valence-corrected chi connectivity index (χ1v) is 8.89. The number of ether oxygens (including phenoxy) is 1. The summed E-state index contributed by atoms with van der Waals surface area (Å²) in [6.45, 7) is 5.01. The van der Waals surface area contributed by atoms with Crippen LogP contribution in [-0.4, -0.2) is 41.6 Å². The average Bonchev–Trinajstić information content (AvgIpc) is 3.05. The van der Waals surface area contributed by atoms with Crippen molar-refractivity contribution in [3.05, 3.63) is 58.7 Å². The van der Waals surface area contributed by atoms with Gasteiger partial charge in [0.25, 0.3) is 0 Å². The number of hydrogen-bond acceptors (Lipinski definition) is 5. The van der Waals surface area contributed by atoms with Crippen LogP contribution in [0.1, 0.15) is 29.3 Å². The number of nitrogens with one attached hydrogen (secondary N) is 1. The Labute approximate surface area is 153 Å². The van der Waals surface area contributed by atoms with Gasteiger partial charge in [-0.15, -0.1) is 0 Å². The van der Waals surface area contributed by atoms with E-state index >= 15 is 0 Å². The number of hydrogen-bond donors (Lipinski definition) is 1. The molecule has 1 N–H and O–H groups in total. The molecule has 1 fully saturated rings. The van der Waals surface area contributed by atoms with Crippen molar-refractivity contribution in [2.75, 3.05) is 25.0 Å². The standard InChI is InChI=1S/C19H22ClN3O2/c1-2-25-19(24)15-10-17(20)18(21-11-15)22-16-8-9-23(13-16)12-14-6-4-3-5-7-14/h3-7,10-11,16H,2,8-9,12-13H2,1H3,(H,21,22)/t16-/m1/s1. The first kappa shape index (κ1) is 17.7. The second-order valence-electron chi connectivity index (χ2n) is 6.13. The Bertz CT molecular complexity index is 724. The monoisotopic (exact) mass is 359 g/mol. The molecule has 5 nitrogen and oxygen atoms in total. The molecule has 1 aliphatic heterocycles. The highest BCUT2D eigenvalue weighted by Gasteiger charge is 2.23. The predicted octanol–water partition coefficient (Wildman–Crippen LogP) is 3.60. The molecular formula is C19H22ClN3O2. The zero-order chi connectivity index (χ0) is 17.6. The topological polar surface area (TPSA) is 54.5 Å². The molecule has 0 saturated carbocycles. The molecule has 2 aromatic rings. The molecule has 0 unspecified atom stereocenters. The van der Waals surface area contributed by atoms with Crippen LogP contribution in [0.15, 0.2) is 42.6 Å². The number of carbonyl (C=O) groups excluding carboxylic acids is 1. The van der Waals surface area contributed by atoms with E-state index in [9.17, 15) is 4.79 Å². The molecule has 0 spiro atoms. The maximum absolute atomic E-state index is 11.7. The molecule has 1 saturated heterocycles. The van der Waals surface area contributed by atoms with Gasteiger partial charge in [-0.3, -0.25) is 4.90 Å². The largest absolute Gasteiger partial charge is 0.462 e. The number of anilines is 1. The smallest absolute Gasteiger partial charge is 0.339 e. The summed E-state index contributed by atoms with van der Waals surface area (Å²) in [7, 11) is 0. The summed E-state index contributed by atoms with van der Waals surface area (Å²) in [5, 5.41) is 3.82. The lowest BCUT2D eigenvalue weighted by Crippen LogP contribution is -2.26. The number of halogens is 1. The lowest BCUT2D eigenvalue weighted by Gasteiger charge is -2.17. The number of likely N-dealkylation sites (tertiary alicyclic amines) is 1. The van der Waals surface area contributed by atoms with Gasteiger partial charge < -0.3 is 10.1 Å². The number of pyridine rings is 1. The summed E-state index contributed by atoms with van der Waals surface area (Å²) >= 11 is 6.27. The van der Waals surface area contributed by atoms with Gasteiger partial charge >= 0.3 is 5.97 Å². The number of carbonyl (C=O) groups is 1. The van der Waals surface area contributed by atoms with Gasteiger partial charge in [-0.1, -0.05) is 41.9 Å². The highest BCUT2D eigenvalue weighted by Crippen LogP contribution is 2.24. The van der Waals surface area contributed by atoms with Gasteiger partial charge in [-0.05, 0) is 25.0 Å². The minimum absolute atomic E-state index is 0.294. The van der Waals surface area contributed by atoms with Gasteiger partial charge in [-0.2, -0.15) is 0 Å². The molecule has 6 heteroatoms. The van der Waals surface area contributed by atoms with Crippen molar-refractivity contribution < 1.29 is 9.53 Å². The van der Waals surface area contributed by atoms with E-state index in [0.29, 0.717) is 29.1 Å². The zero-order valence-corrected chi connectivity index (χ0v) is 15.0. The molecule has 1 aromatic heterocycles. The van der Waals surface area contributed by atoms with Crippen LogP contribution in [0.3, 0.4) is 0 Å². The average molecular weight is 360 g/mol. The molecule has 0 aliphatic carbocycles. The fourth-order valence-corrected chi connectivity index (χ4v) is 3.22. The fraction of sp³-hybridized carbons (Fsp3) is 0.368. The number of benzene rings is 1. The van der Waals surface area contributed by atoms with Crippen LogP contribution >= 0.6 is 11.6 Å². The first-order chi connectivity index (χ1) is 12.2. The van der Waals surface area contributed by atoms with Crippen molar-refractivity contribution in [3.63, 3.8) is 0 Å². The van der Waals surface area contributed by atoms with Crippen LogP contribution in [0.5, 0.6) is 0 Å². The van der Waals surface area contributed by atoms with E-state index in [4.69, 9.17) is 16.3 Å². The molecule has 1 atom stereocenters. The molecular weight excluding hydrogens is 338 g/mol. The molecule has 0 radical (unpaired) electrons. The molecule has 1 aromatic carbocycles. The van der Waals surface area contributed by atoms with Crippen molar-refractivity contribution in [3.8, 4) is 0 Å². The molecule has 2 heterocycles. The van der Waals surface area contributed by atoms with E-state index in [1.165, 1.54) is 11.8 Å². The SMILES string of the molecule is CCOC(=O)c1cnc(N[C@@H]2CCN(Cc3ccccc3)C2)c(Cl)c1. The van der Waals surface area contributed by atoms with Crippen LogP contribution < -0.4 is 5.32 Å². The van der Waals surface area contributed by atoms with Gasteiger partial charge in [0, 0.05) is 31.9 Å². The third-order valence-electron chi connectivity index (χ3n) is 4.21. The molecule has 1 aliphatic rings. The third kappa shape index (κ3) is 4.71. The minimum atomic E-state index is -0.404. The van der Waals surface area contributed by atoms with E-state index < -0.39 is 5.97 Å².